The van der Waals surface area contributed by atoms with Crippen LogP contribution in [-0.4, -0.2) is 29.3 Å². The van der Waals surface area contributed by atoms with Crippen LogP contribution >= 0.6 is 15.9 Å². The van der Waals surface area contributed by atoms with Gasteiger partial charge in [0.1, 0.15) is 5.82 Å². The minimum atomic E-state index is -0.503. The molecular formula is C22H19BrFN3O3. The number of nitrogens with one attached hydrogen (secondary N) is 1. The normalized spacial score (nSPS) is 11.9. The molecule has 0 radical (unpaired) electrons. The van der Waals surface area contributed by atoms with Crippen molar-refractivity contribution in [1.82, 2.24) is 4.90 Å². The van der Waals surface area contributed by atoms with Crippen LogP contribution in [0.2, 0.25) is 0 Å². The van der Waals surface area contributed by atoms with E-state index >= 15 is 0 Å². The van der Waals surface area contributed by atoms with Crippen molar-refractivity contribution in [2.45, 2.75) is 6.04 Å². The summed E-state index contributed by atoms with van der Waals surface area (Å²) < 4.78 is 13.8. The fourth-order valence-electron chi connectivity index (χ4n) is 3.21. The Bertz CT molecular complexity index is 1050. The molecule has 0 saturated carbocycles. The second-order valence-corrected chi connectivity index (χ2v) is 7.60. The summed E-state index contributed by atoms with van der Waals surface area (Å²) in [5.41, 5.74) is 2.19. The zero-order chi connectivity index (χ0) is 21.7. The largest absolute Gasteiger partial charge is 0.324 e. The highest BCUT2D eigenvalue weighted by molar-refractivity contribution is 9.10. The van der Waals surface area contributed by atoms with Crippen molar-refractivity contribution in [2.24, 2.45) is 0 Å². The molecule has 0 heterocycles. The van der Waals surface area contributed by atoms with Crippen molar-refractivity contribution in [1.29, 1.82) is 0 Å². The highest BCUT2D eigenvalue weighted by Gasteiger charge is 2.22. The van der Waals surface area contributed by atoms with Gasteiger partial charge in [-0.05, 0) is 52.3 Å². The summed E-state index contributed by atoms with van der Waals surface area (Å²) in [4.78, 5) is 24.9. The molecule has 0 aromatic heterocycles. The predicted molar refractivity (Wildman–Crippen MR) is 117 cm³/mol. The lowest BCUT2D eigenvalue weighted by Crippen LogP contribution is -2.34. The van der Waals surface area contributed by atoms with Gasteiger partial charge < -0.3 is 5.32 Å². The number of benzene rings is 3. The summed E-state index contributed by atoms with van der Waals surface area (Å²) in [6.45, 7) is 0.0559. The topological polar surface area (TPSA) is 75.5 Å². The average molecular weight is 472 g/mol. The van der Waals surface area contributed by atoms with Gasteiger partial charge in [-0.1, -0.05) is 42.5 Å². The van der Waals surface area contributed by atoms with Gasteiger partial charge in [0, 0.05) is 16.6 Å². The lowest BCUT2D eigenvalue weighted by Gasteiger charge is -2.28. The van der Waals surface area contributed by atoms with Gasteiger partial charge in [-0.2, -0.15) is 0 Å². The summed E-state index contributed by atoms with van der Waals surface area (Å²) in [5, 5.41) is 13.6. The number of nitro groups is 1. The van der Waals surface area contributed by atoms with E-state index in [1.807, 2.05) is 42.3 Å². The zero-order valence-corrected chi connectivity index (χ0v) is 17.7. The molecule has 3 aromatic rings. The molecule has 1 amide bonds. The Balaban J connectivity index is 1.78. The molecule has 8 heteroatoms. The Morgan fingerprint density at radius 2 is 1.73 bits per heavy atom. The molecule has 30 heavy (non-hydrogen) atoms. The third kappa shape index (κ3) is 5.28. The van der Waals surface area contributed by atoms with Gasteiger partial charge in [-0.15, -0.1) is 0 Å². The molecule has 6 nitrogen and oxygen atoms in total. The van der Waals surface area contributed by atoms with Crippen molar-refractivity contribution in [3.8, 4) is 0 Å². The van der Waals surface area contributed by atoms with Crippen molar-refractivity contribution >= 4 is 33.2 Å². The lowest BCUT2D eigenvalue weighted by atomic mass is 9.97. The van der Waals surface area contributed by atoms with Gasteiger partial charge in [0.25, 0.3) is 5.69 Å². The van der Waals surface area contributed by atoms with E-state index in [4.69, 9.17) is 0 Å². The summed E-state index contributed by atoms with van der Waals surface area (Å²) in [5.74, 6) is -0.607. The van der Waals surface area contributed by atoms with Crippen LogP contribution in [0.3, 0.4) is 0 Å². The van der Waals surface area contributed by atoms with Crippen LogP contribution in [0, 0.1) is 15.9 Å². The first-order valence-electron chi connectivity index (χ1n) is 9.09. The SMILES string of the molecule is CN(CC(=O)Nc1ccc([N+](=O)[O-])cc1Br)C(c1ccccc1)c1ccc(F)cc1. The fraction of sp³-hybridized carbons (Fsp3) is 0.136. The number of hydrogen-bond acceptors (Lipinski definition) is 4. The highest BCUT2D eigenvalue weighted by Crippen LogP contribution is 2.29. The first-order chi connectivity index (χ1) is 14.3. The first-order valence-corrected chi connectivity index (χ1v) is 9.89. The maximum absolute atomic E-state index is 13.4. The molecule has 1 unspecified atom stereocenters. The molecule has 3 rings (SSSR count). The molecule has 0 fully saturated rings. The second kappa shape index (κ2) is 9.60. The Hall–Kier alpha value is -3.10. The monoisotopic (exact) mass is 471 g/mol. The Kier molecular flexibility index (Phi) is 6.91. The Labute approximate surface area is 181 Å². The summed E-state index contributed by atoms with van der Waals surface area (Å²) in [6, 6.07) is 19.7. The van der Waals surface area contributed by atoms with E-state index in [-0.39, 0.29) is 30.0 Å². The van der Waals surface area contributed by atoms with Gasteiger partial charge in [0.2, 0.25) is 5.91 Å². The number of anilines is 1. The standard InChI is InChI=1S/C22H19BrFN3O3/c1-26(14-21(28)25-20-12-11-18(27(29)30)13-19(20)23)22(15-5-3-2-4-6-15)16-7-9-17(24)10-8-16/h2-13,22H,14H2,1H3,(H,25,28). The first kappa shape index (κ1) is 21.6. The smallest absolute Gasteiger partial charge is 0.270 e. The number of rotatable bonds is 7. The van der Waals surface area contributed by atoms with Crippen molar-refractivity contribution in [2.75, 3.05) is 18.9 Å². The van der Waals surface area contributed by atoms with E-state index in [1.54, 1.807) is 12.1 Å². The molecule has 0 bridgehead atoms. The van der Waals surface area contributed by atoms with E-state index in [0.717, 1.165) is 11.1 Å². The molecular weight excluding hydrogens is 453 g/mol. The van der Waals surface area contributed by atoms with Gasteiger partial charge >= 0.3 is 0 Å². The number of hydrogen-bond donors (Lipinski definition) is 1. The molecule has 1 N–H and O–H groups in total. The van der Waals surface area contributed by atoms with Gasteiger partial charge in [-0.3, -0.25) is 19.8 Å². The molecule has 0 aliphatic carbocycles. The van der Waals surface area contributed by atoms with Gasteiger partial charge in [-0.25, -0.2) is 4.39 Å². The lowest BCUT2D eigenvalue weighted by molar-refractivity contribution is -0.384. The number of carbonyl (C=O) groups excluding carboxylic acids is 1. The van der Waals surface area contributed by atoms with Gasteiger partial charge in [0.05, 0.1) is 23.2 Å². The number of amides is 1. The Morgan fingerprint density at radius 1 is 1.10 bits per heavy atom. The quantitative estimate of drug-likeness (QED) is 0.381. The summed E-state index contributed by atoms with van der Waals surface area (Å²) >= 11 is 3.25. The van der Waals surface area contributed by atoms with Crippen LogP contribution in [0.25, 0.3) is 0 Å². The molecule has 0 spiro atoms. The second-order valence-electron chi connectivity index (χ2n) is 6.75. The highest BCUT2D eigenvalue weighted by atomic mass is 79.9. The number of nitrogens with zero attached hydrogens (tertiary/aromatic N) is 2. The van der Waals surface area contributed by atoms with E-state index in [1.165, 1.54) is 30.3 Å². The average Bonchev–Trinajstić information content (AvgIpc) is 2.71. The van der Waals surface area contributed by atoms with Crippen LogP contribution < -0.4 is 5.32 Å². The van der Waals surface area contributed by atoms with E-state index < -0.39 is 4.92 Å². The number of non-ortho nitro benzene ring substituents is 1. The number of likely N-dealkylation sites (N-methyl/N-ethyl adjacent to an activating group) is 1. The predicted octanol–water partition coefficient (Wildman–Crippen LogP) is 5.16. The van der Waals surface area contributed by atoms with E-state index in [9.17, 15) is 19.3 Å². The molecule has 154 valence electrons. The van der Waals surface area contributed by atoms with E-state index in [2.05, 4.69) is 21.2 Å². The third-order valence-electron chi connectivity index (χ3n) is 4.57. The molecule has 0 saturated heterocycles. The van der Waals surface area contributed by atoms with Crippen LogP contribution in [0.4, 0.5) is 15.8 Å². The maximum Gasteiger partial charge on any atom is 0.270 e. The fourth-order valence-corrected chi connectivity index (χ4v) is 3.67. The Morgan fingerprint density at radius 3 is 2.33 bits per heavy atom. The maximum atomic E-state index is 13.4. The number of nitro benzene ring substituents is 1. The molecule has 3 aromatic carbocycles. The number of halogens is 2. The van der Waals surface area contributed by atoms with Crippen LogP contribution in [0.5, 0.6) is 0 Å². The third-order valence-corrected chi connectivity index (χ3v) is 5.23. The molecule has 1 atom stereocenters. The van der Waals surface area contributed by atoms with E-state index in [0.29, 0.717) is 10.2 Å². The van der Waals surface area contributed by atoms with Crippen molar-refractivity contribution in [3.63, 3.8) is 0 Å². The molecule has 0 aliphatic heterocycles. The summed E-state index contributed by atoms with van der Waals surface area (Å²) in [7, 11) is 1.81. The summed E-state index contributed by atoms with van der Waals surface area (Å²) in [6.07, 6.45) is 0. The van der Waals surface area contributed by atoms with Crippen LogP contribution in [-0.2, 0) is 4.79 Å². The zero-order valence-electron chi connectivity index (χ0n) is 16.1. The minimum absolute atomic E-state index is 0.0559. The van der Waals surface area contributed by atoms with Crippen LogP contribution in [0.15, 0.2) is 77.3 Å². The van der Waals surface area contributed by atoms with Crippen molar-refractivity contribution < 1.29 is 14.1 Å². The molecule has 0 aliphatic rings. The van der Waals surface area contributed by atoms with Gasteiger partial charge in [0.15, 0.2) is 0 Å². The van der Waals surface area contributed by atoms with Crippen LogP contribution in [0.1, 0.15) is 17.2 Å². The van der Waals surface area contributed by atoms with Crippen molar-refractivity contribution in [3.05, 3.63) is 104 Å². The minimum Gasteiger partial charge on any atom is -0.324 e. The number of carbonyl (C=O) groups is 1.